The van der Waals surface area contributed by atoms with E-state index in [1.54, 1.807) is 0 Å². The summed E-state index contributed by atoms with van der Waals surface area (Å²) in [7, 11) is 1.44. The van der Waals surface area contributed by atoms with Gasteiger partial charge in [0.25, 0.3) is 5.69 Å². The number of carbonyl (C=O) groups is 1. The predicted molar refractivity (Wildman–Crippen MR) is 104 cm³/mol. The number of ether oxygens (including phenoxy) is 1. The number of non-ortho nitro benzene ring substituents is 1. The van der Waals surface area contributed by atoms with Gasteiger partial charge in [0.2, 0.25) is 5.91 Å². The molecule has 138 valence electrons. The quantitative estimate of drug-likeness (QED) is 0.508. The molecule has 3 aromatic rings. The molecule has 8 heteroatoms. The van der Waals surface area contributed by atoms with Crippen molar-refractivity contribution in [3.05, 3.63) is 69.2 Å². The lowest BCUT2D eigenvalue weighted by molar-refractivity contribution is -0.384. The van der Waals surface area contributed by atoms with Crippen LogP contribution >= 0.6 is 11.3 Å². The van der Waals surface area contributed by atoms with Gasteiger partial charge in [0.05, 0.1) is 29.8 Å². The van der Waals surface area contributed by atoms with E-state index in [-0.39, 0.29) is 23.7 Å². The van der Waals surface area contributed by atoms with Crippen LogP contribution < -0.4 is 10.1 Å². The summed E-state index contributed by atoms with van der Waals surface area (Å²) >= 11 is 1.47. The van der Waals surface area contributed by atoms with Crippen LogP contribution in [0.2, 0.25) is 0 Å². The average Bonchev–Trinajstić information content (AvgIpc) is 3.10. The number of nitrogens with one attached hydrogen (secondary N) is 1. The van der Waals surface area contributed by atoms with Crippen LogP contribution in [0.25, 0.3) is 10.6 Å². The summed E-state index contributed by atoms with van der Waals surface area (Å²) in [6.45, 7) is 2.01. The molecular weight excluding hydrogens is 366 g/mol. The molecule has 0 aliphatic rings. The highest BCUT2D eigenvalue weighted by Crippen LogP contribution is 2.29. The van der Waals surface area contributed by atoms with Gasteiger partial charge in [-0.05, 0) is 19.1 Å². The Morgan fingerprint density at radius 2 is 2.11 bits per heavy atom. The van der Waals surface area contributed by atoms with Gasteiger partial charge in [-0.1, -0.05) is 23.8 Å². The first-order chi connectivity index (χ1) is 13.0. The molecule has 7 nitrogen and oxygen atoms in total. The van der Waals surface area contributed by atoms with Gasteiger partial charge < -0.3 is 10.1 Å². The Balaban J connectivity index is 1.73. The lowest BCUT2D eigenvalue weighted by Crippen LogP contribution is -2.15. The minimum Gasteiger partial charge on any atom is -0.495 e. The zero-order valence-electron chi connectivity index (χ0n) is 14.8. The molecule has 0 saturated carbocycles. The second kappa shape index (κ2) is 7.96. The number of nitro benzene ring substituents is 1. The van der Waals surface area contributed by atoms with Gasteiger partial charge in [0.15, 0.2) is 0 Å². The summed E-state index contributed by atoms with van der Waals surface area (Å²) in [5.41, 5.74) is 2.91. The van der Waals surface area contributed by atoms with E-state index < -0.39 is 4.92 Å². The summed E-state index contributed by atoms with van der Waals surface area (Å²) in [6, 6.07) is 12.0. The van der Waals surface area contributed by atoms with E-state index in [1.165, 1.54) is 36.6 Å². The van der Waals surface area contributed by atoms with Crippen LogP contribution in [0.4, 0.5) is 11.4 Å². The third-order valence-electron chi connectivity index (χ3n) is 3.83. The van der Waals surface area contributed by atoms with Crippen LogP contribution in [0.3, 0.4) is 0 Å². The molecule has 0 atom stereocenters. The standard InChI is InChI=1S/C19H17N3O4S/c1-12-4-3-5-13(8-12)19-20-14(11-27-19)9-18(23)21-16-10-15(22(24)25)6-7-17(16)26-2/h3-8,10-11H,9H2,1-2H3,(H,21,23). The topological polar surface area (TPSA) is 94.4 Å². The van der Waals surface area contributed by atoms with Crippen molar-refractivity contribution in [3.63, 3.8) is 0 Å². The molecule has 0 saturated heterocycles. The number of rotatable bonds is 6. The van der Waals surface area contributed by atoms with Crippen LogP contribution in [0.1, 0.15) is 11.3 Å². The van der Waals surface area contributed by atoms with Gasteiger partial charge in [0.1, 0.15) is 10.8 Å². The minimum atomic E-state index is -0.524. The smallest absolute Gasteiger partial charge is 0.271 e. The van der Waals surface area contributed by atoms with Crippen molar-refractivity contribution in [1.29, 1.82) is 0 Å². The molecule has 1 heterocycles. The Bertz CT molecular complexity index is 1000. The van der Waals surface area contributed by atoms with E-state index >= 15 is 0 Å². The highest BCUT2D eigenvalue weighted by atomic mass is 32.1. The summed E-state index contributed by atoms with van der Waals surface area (Å²) < 4.78 is 5.15. The maximum absolute atomic E-state index is 12.4. The van der Waals surface area contributed by atoms with Gasteiger partial charge >= 0.3 is 0 Å². The predicted octanol–water partition coefficient (Wildman–Crippen LogP) is 4.22. The SMILES string of the molecule is COc1ccc([N+](=O)[O-])cc1NC(=O)Cc1csc(-c2cccc(C)c2)n1. The molecule has 2 aromatic carbocycles. The fraction of sp³-hybridized carbons (Fsp3) is 0.158. The molecule has 0 unspecified atom stereocenters. The van der Waals surface area contributed by atoms with Crippen LogP contribution in [0.5, 0.6) is 5.75 Å². The van der Waals surface area contributed by atoms with E-state index in [9.17, 15) is 14.9 Å². The number of methoxy groups -OCH3 is 1. The minimum absolute atomic E-state index is 0.0637. The van der Waals surface area contributed by atoms with E-state index in [2.05, 4.69) is 10.3 Å². The van der Waals surface area contributed by atoms with E-state index in [1.807, 2.05) is 36.6 Å². The third-order valence-corrected chi connectivity index (χ3v) is 4.77. The summed E-state index contributed by atoms with van der Waals surface area (Å²) in [6.07, 6.45) is 0.0637. The fourth-order valence-corrected chi connectivity index (χ4v) is 3.38. The van der Waals surface area contributed by atoms with Gasteiger partial charge in [-0.25, -0.2) is 4.98 Å². The van der Waals surface area contributed by atoms with E-state index in [0.29, 0.717) is 11.4 Å². The zero-order chi connectivity index (χ0) is 19.4. The Kier molecular flexibility index (Phi) is 5.46. The number of aryl methyl sites for hydroxylation is 1. The molecule has 0 fully saturated rings. The van der Waals surface area contributed by atoms with Crippen LogP contribution in [0.15, 0.2) is 47.8 Å². The Morgan fingerprint density at radius 1 is 1.30 bits per heavy atom. The average molecular weight is 383 g/mol. The first kappa shape index (κ1) is 18.5. The molecule has 0 spiro atoms. The van der Waals surface area contributed by atoms with Gasteiger partial charge in [-0.3, -0.25) is 14.9 Å². The van der Waals surface area contributed by atoms with Crippen molar-refractivity contribution >= 4 is 28.6 Å². The Morgan fingerprint density at radius 3 is 2.81 bits per heavy atom. The molecule has 0 aliphatic carbocycles. The number of aromatic nitrogens is 1. The summed E-state index contributed by atoms with van der Waals surface area (Å²) in [5, 5.41) is 16.3. The van der Waals surface area contributed by atoms with E-state index in [0.717, 1.165) is 16.1 Å². The fourth-order valence-electron chi connectivity index (χ4n) is 2.56. The molecular formula is C19H17N3O4S. The van der Waals surface area contributed by atoms with Crippen molar-refractivity contribution < 1.29 is 14.5 Å². The Labute approximate surface area is 159 Å². The number of nitro groups is 1. The van der Waals surface area contributed by atoms with Crippen molar-refractivity contribution in [3.8, 4) is 16.3 Å². The van der Waals surface area contributed by atoms with Crippen LogP contribution in [-0.4, -0.2) is 22.9 Å². The number of benzene rings is 2. The molecule has 1 N–H and O–H groups in total. The zero-order valence-corrected chi connectivity index (χ0v) is 15.6. The number of thiazole rings is 1. The Hall–Kier alpha value is -3.26. The van der Waals surface area contributed by atoms with Crippen molar-refractivity contribution in [2.24, 2.45) is 0 Å². The number of hydrogen-bond acceptors (Lipinski definition) is 6. The van der Waals surface area contributed by atoms with Crippen molar-refractivity contribution in [2.75, 3.05) is 12.4 Å². The number of nitrogens with zero attached hydrogens (tertiary/aromatic N) is 2. The second-order valence-corrected chi connectivity index (χ2v) is 6.74. The second-order valence-electron chi connectivity index (χ2n) is 5.88. The van der Waals surface area contributed by atoms with Crippen molar-refractivity contribution in [1.82, 2.24) is 4.98 Å². The summed E-state index contributed by atoms with van der Waals surface area (Å²) in [4.78, 5) is 27.3. The van der Waals surface area contributed by atoms with Gasteiger partial charge in [-0.15, -0.1) is 11.3 Å². The molecule has 0 radical (unpaired) electrons. The largest absolute Gasteiger partial charge is 0.495 e. The number of carbonyl (C=O) groups excluding carboxylic acids is 1. The van der Waals surface area contributed by atoms with Gasteiger partial charge in [0, 0.05) is 23.1 Å². The maximum atomic E-state index is 12.4. The third kappa shape index (κ3) is 4.48. The number of anilines is 1. The maximum Gasteiger partial charge on any atom is 0.271 e. The first-order valence-corrected chi connectivity index (χ1v) is 8.98. The summed E-state index contributed by atoms with van der Waals surface area (Å²) in [5.74, 6) is 0.0302. The van der Waals surface area contributed by atoms with Gasteiger partial charge in [-0.2, -0.15) is 0 Å². The molecule has 27 heavy (non-hydrogen) atoms. The molecule has 3 rings (SSSR count). The molecule has 1 amide bonds. The van der Waals surface area contributed by atoms with Crippen LogP contribution in [-0.2, 0) is 11.2 Å². The highest BCUT2D eigenvalue weighted by molar-refractivity contribution is 7.13. The first-order valence-electron chi connectivity index (χ1n) is 8.10. The molecule has 1 aromatic heterocycles. The normalized spacial score (nSPS) is 10.4. The molecule has 0 aliphatic heterocycles. The lowest BCUT2D eigenvalue weighted by Gasteiger charge is -2.09. The van der Waals surface area contributed by atoms with Crippen LogP contribution in [0, 0.1) is 17.0 Å². The highest BCUT2D eigenvalue weighted by Gasteiger charge is 2.15. The number of hydrogen-bond donors (Lipinski definition) is 1. The monoisotopic (exact) mass is 383 g/mol. The van der Waals surface area contributed by atoms with E-state index in [4.69, 9.17) is 4.74 Å². The molecule has 0 bridgehead atoms. The lowest BCUT2D eigenvalue weighted by atomic mass is 10.1. The number of amides is 1. The van der Waals surface area contributed by atoms with Crippen molar-refractivity contribution in [2.45, 2.75) is 13.3 Å².